The van der Waals surface area contributed by atoms with E-state index >= 15 is 0 Å². The summed E-state index contributed by atoms with van der Waals surface area (Å²) < 4.78 is 6.61. The number of hydrogen-bond acceptors (Lipinski definition) is 5. The van der Waals surface area contributed by atoms with Gasteiger partial charge in [0.15, 0.2) is 0 Å². The van der Waals surface area contributed by atoms with Crippen molar-refractivity contribution in [1.29, 1.82) is 0 Å². The smallest absolute Gasteiger partial charge is 0.263 e. The topological polar surface area (TPSA) is 73.2 Å². The molecule has 0 aliphatic carbocycles. The largest absolute Gasteiger partial charge is 0.497 e. The molecule has 1 N–H and O–H groups in total. The standard InChI is InChI=1S/C23H20ClN3O3S/c1-13-18(24)5-4-6-19(13)26-20(28)11-27-14(2)25-22-21(23(27)29)17(12-31-22)15-7-9-16(30-3)10-8-15/h4-10,12H,11H2,1-3H3,(H,26,28). The fraction of sp³-hybridized carbons (Fsp3) is 0.174. The molecule has 0 fully saturated rings. The predicted octanol–water partition coefficient (Wildman–Crippen LogP) is 5.04. The monoisotopic (exact) mass is 453 g/mol. The number of methoxy groups -OCH3 is 1. The number of anilines is 1. The Balaban J connectivity index is 1.70. The highest BCUT2D eigenvalue weighted by Gasteiger charge is 2.17. The van der Waals surface area contributed by atoms with Crippen molar-refractivity contribution < 1.29 is 9.53 Å². The van der Waals surface area contributed by atoms with Crippen LogP contribution in [-0.2, 0) is 11.3 Å². The molecule has 0 aliphatic heterocycles. The van der Waals surface area contributed by atoms with Crippen LogP contribution < -0.4 is 15.6 Å². The summed E-state index contributed by atoms with van der Waals surface area (Å²) in [5.74, 6) is 0.902. The molecule has 31 heavy (non-hydrogen) atoms. The lowest BCUT2D eigenvalue weighted by Gasteiger charge is -2.12. The molecule has 4 aromatic rings. The molecule has 0 saturated carbocycles. The average Bonchev–Trinajstić information content (AvgIpc) is 3.18. The number of aromatic nitrogens is 2. The second-order valence-corrected chi connectivity index (χ2v) is 8.33. The number of fused-ring (bicyclic) bond motifs is 1. The Morgan fingerprint density at radius 1 is 1.19 bits per heavy atom. The molecule has 6 nitrogen and oxygen atoms in total. The summed E-state index contributed by atoms with van der Waals surface area (Å²) in [6, 6.07) is 12.8. The predicted molar refractivity (Wildman–Crippen MR) is 125 cm³/mol. The normalized spacial score (nSPS) is 11.0. The molecule has 158 valence electrons. The van der Waals surface area contributed by atoms with Gasteiger partial charge in [-0.25, -0.2) is 4.98 Å². The Labute approximate surface area is 188 Å². The summed E-state index contributed by atoms with van der Waals surface area (Å²) in [6.45, 7) is 3.42. The van der Waals surface area contributed by atoms with E-state index in [1.54, 1.807) is 32.2 Å². The molecule has 0 atom stereocenters. The van der Waals surface area contributed by atoms with E-state index in [4.69, 9.17) is 16.3 Å². The highest BCUT2D eigenvalue weighted by Crippen LogP contribution is 2.32. The number of nitrogens with one attached hydrogen (secondary N) is 1. The van der Waals surface area contributed by atoms with Gasteiger partial charge in [0.1, 0.15) is 22.9 Å². The number of hydrogen-bond donors (Lipinski definition) is 1. The van der Waals surface area contributed by atoms with Crippen LogP contribution in [0.3, 0.4) is 0 Å². The van der Waals surface area contributed by atoms with Crippen LogP contribution in [0.4, 0.5) is 5.69 Å². The summed E-state index contributed by atoms with van der Waals surface area (Å²) in [6.07, 6.45) is 0. The van der Waals surface area contributed by atoms with Crippen LogP contribution in [0.5, 0.6) is 5.75 Å². The zero-order chi connectivity index (χ0) is 22.1. The van der Waals surface area contributed by atoms with Crippen LogP contribution in [0.15, 0.2) is 52.6 Å². The number of ether oxygens (including phenoxy) is 1. The van der Waals surface area contributed by atoms with E-state index in [9.17, 15) is 9.59 Å². The molecule has 0 unspecified atom stereocenters. The van der Waals surface area contributed by atoms with Gasteiger partial charge in [0.25, 0.3) is 5.56 Å². The number of halogens is 1. The Bertz CT molecular complexity index is 1340. The molecule has 0 spiro atoms. The Kier molecular flexibility index (Phi) is 5.80. The van der Waals surface area contributed by atoms with E-state index in [1.165, 1.54) is 15.9 Å². The van der Waals surface area contributed by atoms with Gasteiger partial charge in [-0.2, -0.15) is 0 Å². The first-order valence-electron chi connectivity index (χ1n) is 9.57. The number of carbonyl (C=O) groups excluding carboxylic acids is 1. The Morgan fingerprint density at radius 2 is 1.94 bits per heavy atom. The van der Waals surface area contributed by atoms with E-state index in [-0.39, 0.29) is 18.0 Å². The lowest BCUT2D eigenvalue weighted by molar-refractivity contribution is -0.116. The molecule has 2 heterocycles. The number of rotatable bonds is 5. The lowest BCUT2D eigenvalue weighted by atomic mass is 10.1. The first kappa shape index (κ1) is 21.1. The van der Waals surface area contributed by atoms with Gasteiger partial charge in [-0.3, -0.25) is 14.2 Å². The highest BCUT2D eigenvalue weighted by molar-refractivity contribution is 7.17. The van der Waals surface area contributed by atoms with Gasteiger partial charge in [0.2, 0.25) is 5.91 Å². The molecule has 4 rings (SSSR count). The fourth-order valence-electron chi connectivity index (χ4n) is 3.37. The number of carbonyl (C=O) groups is 1. The quantitative estimate of drug-likeness (QED) is 0.459. The van der Waals surface area contributed by atoms with Gasteiger partial charge in [-0.05, 0) is 49.2 Å². The van der Waals surface area contributed by atoms with E-state index in [0.29, 0.717) is 26.8 Å². The number of benzene rings is 2. The maximum absolute atomic E-state index is 13.3. The molecule has 1 amide bonds. The summed E-state index contributed by atoms with van der Waals surface area (Å²) in [4.78, 5) is 31.2. The minimum absolute atomic E-state index is 0.141. The third-order valence-electron chi connectivity index (χ3n) is 5.13. The molecule has 8 heteroatoms. The van der Waals surface area contributed by atoms with Gasteiger partial charge in [0.05, 0.1) is 12.5 Å². The van der Waals surface area contributed by atoms with Crippen molar-refractivity contribution in [3.63, 3.8) is 0 Å². The highest BCUT2D eigenvalue weighted by atomic mass is 35.5. The molecular formula is C23H20ClN3O3S. The Morgan fingerprint density at radius 3 is 2.65 bits per heavy atom. The zero-order valence-electron chi connectivity index (χ0n) is 17.2. The molecule has 2 aromatic heterocycles. The number of thiophene rings is 1. The van der Waals surface area contributed by atoms with E-state index < -0.39 is 0 Å². The Hall–Kier alpha value is -3.16. The van der Waals surface area contributed by atoms with Gasteiger partial charge < -0.3 is 10.1 Å². The van der Waals surface area contributed by atoms with Gasteiger partial charge in [0, 0.05) is 21.7 Å². The van der Waals surface area contributed by atoms with Crippen molar-refractivity contribution in [2.24, 2.45) is 0 Å². The third kappa shape index (κ3) is 4.06. The van der Waals surface area contributed by atoms with Crippen molar-refractivity contribution in [2.75, 3.05) is 12.4 Å². The minimum atomic E-state index is -0.321. The van der Waals surface area contributed by atoms with Crippen LogP contribution in [-0.4, -0.2) is 22.6 Å². The summed E-state index contributed by atoms with van der Waals surface area (Å²) in [7, 11) is 1.61. The molecule has 0 saturated heterocycles. The fourth-order valence-corrected chi connectivity index (χ4v) is 4.53. The first-order valence-corrected chi connectivity index (χ1v) is 10.8. The van der Waals surface area contributed by atoms with Crippen LogP contribution in [0, 0.1) is 13.8 Å². The summed E-state index contributed by atoms with van der Waals surface area (Å²) >= 11 is 7.54. The van der Waals surface area contributed by atoms with Crippen molar-refractivity contribution in [3.05, 3.63) is 74.6 Å². The number of amides is 1. The second kappa shape index (κ2) is 8.53. The average molecular weight is 454 g/mol. The van der Waals surface area contributed by atoms with Crippen molar-refractivity contribution in [3.8, 4) is 16.9 Å². The molecular weight excluding hydrogens is 434 g/mol. The number of aryl methyl sites for hydroxylation is 1. The van der Waals surface area contributed by atoms with Crippen molar-refractivity contribution >= 4 is 44.7 Å². The van der Waals surface area contributed by atoms with Gasteiger partial charge in [-0.1, -0.05) is 29.8 Å². The van der Waals surface area contributed by atoms with Crippen LogP contribution in [0.1, 0.15) is 11.4 Å². The van der Waals surface area contributed by atoms with E-state index in [0.717, 1.165) is 22.4 Å². The van der Waals surface area contributed by atoms with E-state index in [1.807, 2.05) is 36.6 Å². The van der Waals surface area contributed by atoms with Crippen LogP contribution in [0.25, 0.3) is 21.3 Å². The molecule has 0 aliphatic rings. The lowest BCUT2D eigenvalue weighted by Crippen LogP contribution is -2.30. The van der Waals surface area contributed by atoms with Crippen LogP contribution in [0.2, 0.25) is 5.02 Å². The summed E-state index contributed by atoms with van der Waals surface area (Å²) in [5.41, 5.74) is 2.83. The maximum atomic E-state index is 13.3. The van der Waals surface area contributed by atoms with Crippen molar-refractivity contribution in [1.82, 2.24) is 9.55 Å². The SMILES string of the molecule is COc1ccc(-c2csc3nc(C)n(CC(=O)Nc4cccc(Cl)c4C)c(=O)c23)cc1. The van der Waals surface area contributed by atoms with E-state index in [2.05, 4.69) is 10.3 Å². The zero-order valence-corrected chi connectivity index (χ0v) is 18.8. The minimum Gasteiger partial charge on any atom is -0.497 e. The number of nitrogens with zero attached hydrogens (tertiary/aromatic N) is 2. The van der Waals surface area contributed by atoms with Gasteiger partial charge in [-0.15, -0.1) is 11.3 Å². The van der Waals surface area contributed by atoms with Gasteiger partial charge >= 0.3 is 0 Å². The molecule has 0 radical (unpaired) electrons. The molecule has 0 bridgehead atoms. The first-order chi connectivity index (χ1) is 14.9. The summed E-state index contributed by atoms with van der Waals surface area (Å²) in [5, 5.41) is 5.82. The second-order valence-electron chi connectivity index (χ2n) is 7.07. The van der Waals surface area contributed by atoms with Crippen LogP contribution >= 0.6 is 22.9 Å². The van der Waals surface area contributed by atoms with Crippen molar-refractivity contribution in [2.45, 2.75) is 20.4 Å². The third-order valence-corrected chi connectivity index (χ3v) is 6.41. The maximum Gasteiger partial charge on any atom is 0.263 e. The molecule has 2 aromatic carbocycles.